The van der Waals surface area contributed by atoms with Crippen LogP contribution in [0.3, 0.4) is 0 Å². The summed E-state index contributed by atoms with van der Waals surface area (Å²) in [6, 6.07) is 17.9. The molecule has 0 saturated heterocycles. The van der Waals surface area contributed by atoms with Crippen molar-refractivity contribution in [2.24, 2.45) is 0 Å². The molecule has 0 amide bonds. The SMILES string of the molecule is Cc1ccccc1Cn1cnc2c(nnn2Cc2ccccc2)c1=O. The molecule has 0 fully saturated rings. The molecule has 0 N–H and O–H groups in total. The van der Waals surface area contributed by atoms with Crippen LogP contribution >= 0.6 is 0 Å². The van der Waals surface area contributed by atoms with Crippen molar-refractivity contribution in [3.8, 4) is 0 Å². The second-order valence-electron chi connectivity index (χ2n) is 6.01. The summed E-state index contributed by atoms with van der Waals surface area (Å²) in [6.07, 6.45) is 1.57. The quantitative estimate of drug-likeness (QED) is 0.576. The van der Waals surface area contributed by atoms with Crippen molar-refractivity contribution in [1.82, 2.24) is 24.5 Å². The Labute approximate surface area is 144 Å². The largest absolute Gasteiger partial charge is 0.293 e. The molecule has 6 heteroatoms. The Balaban J connectivity index is 1.70. The van der Waals surface area contributed by atoms with Crippen molar-refractivity contribution in [3.05, 3.63) is 88.0 Å². The zero-order chi connectivity index (χ0) is 17.2. The van der Waals surface area contributed by atoms with Crippen molar-refractivity contribution < 1.29 is 0 Å². The van der Waals surface area contributed by atoms with E-state index in [0.29, 0.717) is 24.3 Å². The molecule has 124 valence electrons. The molecule has 25 heavy (non-hydrogen) atoms. The lowest BCUT2D eigenvalue weighted by Gasteiger charge is -2.08. The van der Waals surface area contributed by atoms with E-state index in [2.05, 4.69) is 15.3 Å². The fourth-order valence-electron chi connectivity index (χ4n) is 2.83. The van der Waals surface area contributed by atoms with Crippen LogP contribution in [-0.4, -0.2) is 24.5 Å². The summed E-state index contributed by atoms with van der Waals surface area (Å²) in [5.74, 6) is 0. The first-order chi connectivity index (χ1) is 12.2. The van der Waals surface area contributed by atoms with E-state index < -0.39 is 0 Å². The van der Waals surface area contributed by atoms with E-state index in [-0.39, 0.29) is 5.56 Å². The number of rotatable bonds is 4. The van der Waals surface area contributed by atoms with Crippen LogP contribution in [0.5, 0.6) is 0 Å². The average molecular weight is 331 g/mol. The summed E-state index contributed by atoms with van der Waals surface area (Å²) < 4.78 is 3.23. The monoisotopic (exact) mass is 331 g/mol. The third-order valence-electron chi connectivity index (χ3n) is 4.27. The lowest BCUT2D eigenvalue weighted by atomic mass is 10.1. The van der Waals surface area contributed by atoms with Crippen molar-refractivity contribution in [2.75, 3.05) is 0 Å². The fourth-order valence-corrected chi connectivity index (χ4v) is 2.83. The van der Waals surface area contributed by atoms with Crippen molar-refractivity contribution in [2.45, 2.75) is 20.0 Å². The lowest BCUT2D eigenvalue weighted by molar-refractivity contribution is 0.662. The van der Waals surface area contributed by atoms with E-state index in [4.69, 9.17) is 0 Å². The first-order valence-corrected chi connectivity index (χ1v) is 8.09. The van der Waals surface area contributed by atoms with Crippen LogP contribution < -0.4 is 5.56 Å². The Morgan fingerprint density at radius 2 is 1.72 bits per heavy atom. The predicted molar refractivity (Wildman–Crippen MR) is 95.4 cm³/mol. The Morgan fingerprint density at radius 3 is 2.52 bits per heavy atom. The topological polar surface area (TPSA) is 65.6 Å². The normalized spacial score (nSPS) is 11.1. The molecule has 0 saturated carbocycles. The Morgan fingerprint density at radius 1 is 0.960 bits per heavy atom. The van der Waals surface area contributed by atoms with Crippen molar-refractivity contribution in [1.29, 1.82) is 0 Å². The van der Waals surface area contributed by atoms with Gasteiger partial charge in [-0.1, -0.05) is 59.8 Å². The Bertz CT molecular complexity index is 1080. The molecule has 4 aromatic rings. The predicted octanol–water partition coefficient (Wildman–Crippen LogP) is 2.39. The molecule has 2 heterocycles. The van der Waals surface area contributed by atoms with E-state index in [1.165, 1.54) is 0 Å². The van der Waals surface area contributed by atoms with Gasteiger partial charge in [0.25, 0.3) is 5.56 Å². The van der Waals surface area contributed by atoms with Gasteiger partial charge in [0.05, 0.1) is 13.1 Å². The van der Waals surface area contributed by atoms with Gasteiger partial charge in [0.15, 0.2) is 11.2 Å². The third-order valence-corrected chi connectivity index (χ3v) is 4.27. The number of benzene rings is 2. The summed E-state index contributed by atoms with van der Waals surface area (Å²) in [6.45, 7) is 3.04. The van der Waals surface area contributed by atoms with Crippen LogP contribution in [0.15, 0.2) is 65.7 Å². The van der Waals surface area contributed by atoms with E-state index in [9.17, 15) is 4.79 Å². The minimum Gasteiger partial charge on any atom is -0.293 e. The van der Waals surface area contributed by atoms with E-state index in [1.54, 1.807) is 15.6 Å². The zero-order valence-electron chi connectivity index (χ0n) is 13.8. The molecule has 0 unspecified atom stereocenters. The zero-order valence-corrected chi connectivity index (χ0v) is 13.8. The Kier molecular flexibility index (Phi) is 3.85. The summed E-state index contributed by atoms with van der Waals surface area (Å²) in [4.78, 5) is 17.1. The smallest absolute Gasteiger partial charge is 0.283 e. The second kappa shape index (κ2) is 6.32. The first-order valence-electron chi connectivity index (χ1n) is 8.09. The van der Waals surface area contributed by atoms with E-state index in [1.807, 2.05) is 61.5 Å². The molecule has 6 nitrogen and oxygen atoms in total. The van der Waals surface area contributed by atoms with Crippen LogP contribution in [-0.2, 0) is 13.1 Å². The summed E-state index contributed by atoms with van der Waals surface area (Å²) >= 11 is 0. The maximum atomic E-state index is 12.7. The van der Waals surface area contributed by atoms with Gasteiger partial charge in [0, 0.05) is 0 Å². The van der Waals surface area contributed by atoms with Gasteiger partial charge in [0.1, 0.15) is 6.33 Å². The maximum Gasteiger partial charge on any atom is 0.283 e. The molecule has 0 aliphatic carbocycles. The highest BCUT2D eigenvalue weighted by Gasteiger charge is 2.12. The number of nitrogens with zero attached hydrogens (tertiary/aromatic N) is 5. The lowest BCUT2D eigenvalue weighted by Crippen LogP contribution is -2.22. The minimum absolute atomic E-state index is 0.174. The van der Waals surface area contributed by atoms with Gasteiger partial charge in [-0.05, 0) is 23.6 Å². The molecule has 0 aliphatic rings. The van der Waals surface area contributed by atoms with Crippen molar-refractivity contribution >= 4 is 11.2 Å². The fraction of sp³-hybridized carbons (Fsp3) is 0.158. The van der Waals surface area contributed by atoms with E-state index >= 15 is 0 Å². The molecule has 0 aliphatic heterocycles. The highest BCUT2D eigenvalue weighted by Crippen LogP contribution is 2.10. The average Bonchev–Trinajstić information content (AvgIpc) is 3.04. The number of aryl methyl sites for hydroxylation is 1. The van der Waals surface area contributed by atoms with Crippen LogP contribution in [0.2, 0.25) is 0 Å². The van der Waals surface area contributed by atoms with Crippen LogP contribution in [0.1, 0.15) is 16.7 Å². The van der Waals surface area contributed by atoms with Gasteiger partial charge in [-0.15, -0.1) is 5.10 Å². The molecule has 2 aromatic heterocycles. The van der Waals surface area contributed by atoms with E-state index in [0.717, 1.165) is 16.7 Å². The van der Waals surface area contributed by atoms with Gasteiger partial charge in [0.2, 0.25) is 0 Å². The minimum atomic E-state index is -0.174. The molecule has 0 spiro atoms. The summed E-state index contributed by atoms with van der Waals surface area (Å²) in [5.41, 5.74) is 3.94. The van der Waals surface area contributed by atoms with Crippen LogP contribution in [0.4, 0.5) is 0 Å². The van der Waals surface area contributed by atoms with Crippen molar-refractivity contribution in [3.63, 3.8) is 0 Å². The molecular weight excluding hydrogens is 314 g/mol. The molecule has 0 atom stereocenters. The number of fused-ring (bicyclic) bond motifs is 1. The van der Waals surface area contributed by atoms with Gasteiger partial charge in [-0.25, -0.2) is 9.67 Å². The van der Waals surface area contributed by atoms with Crippen LogP contribution in [0, 0.1) is 6.92 Å². The highest BCUT2D eigenvalue weighted by molar-refractivity contribution is 5.67. The number of hydrogen-bond acceptors (Lipinski definition) is 4. The maximum absolute atomic E-state index is 12.7. The Hall–Kier alpha value is -3.28. The number of aromatic nitrogens is 5. The van der Waals surface area contributed by atoms with Gasteiger partial charge < -0.3 is 0 Å². The highest BCUT2D eigenvalue weighted by atomic mass is 16.1. The van der Waals surface area contributed by atoms with Gasteiger partial charge in [-0.2, -0.15) is 0 Å². The van der Waals surface area contributed by atoms with Crippen LogP contribution in [0.25, 0.3) is 11.2 Å². The summed E-state index contributed by atoms with van der Waals surface area (Å²) in [7, 11) is 0. The first kappa shape index (κ1) is 15.3. The molecule has 4 rings (SSSR count). The van der Waals surface area contributed by atoms with Gasteiger partial charge in [-0.3, -0.25) is 9.36 Å². The molecule has 0 radical (unpaired) electrons. The molecule has 0 bridgehead atoms. The third kappa shape index (κ3) is 2.94. The number of hydrogen-bond donors (Lipinski definition) is 0. The second-order valence-corrected chi connectivity index (χ2v) is 6.01. The van der Waals surface area contributed by atoms with Gasteiger partial charge >= 0.3 is 0 Å². The molecule has 2 aromatic carbocycles. The summed E-state index contributed by atoms with van der Waals surface area (Å²) in [5, 5.41) is 8.16. The standard InChI is InChI=1S/C19H17N5O/c1-14-7-5-6-10-16(14)12-23-13-20-18-17(19(23)25)21-22-24(18)11-15-8-3-2-4-9-15/h2-10,13H,11-12H2,1H3. The molecular formula is C19H17N5O.